The monoisotopic (exact) mass is 276 g/mol. The van der Waals surface area contributed by atoms with E-state index in [-0.39, 0.29) is 18.4 Å². The van der Waals surface area contributed by atoms with Crippen LogP contribution < -0.4 is 5.73 Å². The van der Waals surface area contributed by atoms with E-state index >= 15 is 0 Å². The first kappa shape index (κ1) is 16.8. The van der Waals surface area contributed by atoms with Crippen molar-refractivity contribution in [2.24, 2.45) is 5.73 Å². The van der Waals surface area contributed by atoms with Gasteiger partial charge in [0.05, 0.1) is 0 Å². The summed E-state index contributed by atoms with van der Waals surface area (Å²) in [4.78, 5) is 2.40. The molecule has 1 rings (SSSR count). The van der Waals surface area contributed by atoms with E-state index in [1.807, 2.05) is 0 Å². The topological polar surface area (TPSA) is 29.3 Å². The molecular weight excluding hydrogens is 246 g/mol. The molecule has 0 unspecified atom stereocenters. The fourth-order valence-electron chi connectivity index (χ4n) is 3.14. The van der Waals surface area contributed by atoms with E-state index in [0.717, 1.165) is 25.9 Å². The molecule has 0 aromatic carbocycles. The first-order valence-electron chi connectivity index (χ1n) is 7.82. The minimum Gasteiger partial charge on any atom is -0.329 e. The fourth-order valence-corrected chi connectivity index (χ4v) is 3.14. The van der Waals surface area contributed by atoms with Gasteiger partial charge in [-0.3, -0.25) is 4.90 Å². The number of halogens is 2. The van der Waals surface area contributed by atoms with Crippen molar-refractivity contribution in [1.82, 2.24) is 4.90 Å². The molecule has 2 nitrogen and oxygen atoms in total. The fraction of sp³-hybridized carbons (Fsp3) is 1.00. The van der Waals surface area contributed by atoms with Crippen LogP contribution in [0.2, 0.25) is 0 Å². The number of unbranched alkanes of at least 4 members (excludes halogenated alkanes) is 2. The Kier molecular flexibility index (Phi) is 6.67. The Morgan fingerprint density at radius 3 is 2.05 bits per heavy atom. The summed E-state index contributed by atoms with van der Waals surface area (Å²) >= 11 is 0. The molecule has 114 valence electrons. The molecule has 0 aromatic rings. The summed E-state index contributed by atoms with van der Waals surface area (Å²) in [6.45, 7) is 6.82. The molecule has 1 fully saturated rings. The summed E-state index contributed by atoms with van der Waals surface area (Å²) in [5.41, 5.74) is 5.80. The second-order valence-electron chi connectivity index (χ2n) is 5.98. The molecule has 0 spiro atoms. The van der Waals surface area contributed by atoms with Crippen LogP contribution in [0.25, 0.3) is 0 Å². The van der Waals surface area contributed by atoms with Gasteiger partial charge in [-0.05, 0) is 38.8 Å². The van der Waals surface area contributed by atoms with Crippen molar-refractivity contribution in [2.75, 3.05) is 19.6 Å². The smallest absolute Gasteiger partial charge is 0.248 e. The molecule has 1 aliphatic carbocycles. The molecule has 2 N–H and O–H groups in total. The van der Waals surface area contributed by atoms with Gasteiger partial charge in [0.15, 0.2) is 0 Å². The van der Waals surface area contributed by atoms with Crippen molar-refractivity contribution >= 4 is 0 Å². The predicted octanol–water partition coefficient (Wildman–Crippen LogP) is 3.80. The molecule has 1 aliphatic rings. The van der Waals surface area contributed by atoms with E-state index in [9.17, 15) is 8.78 Å². The van der Waals surface area contributed by atoms with Crippen molar-refractivity contribution in [1.29, 1.82) is 0 Å². The van der Waals surface area contributed by atoms with Crippen molar-refractivity contribution in [3.05, 3.63) is 0 Å². The van der Waals surface area contributed by atoms with Crippen molar-refractivity contribution in [3.63, 3.8) is 0 Å². The van der Waals surface area contributed by atoms with Gasteiger partial charge in [0.25, 0.3) is 0 Å². The highest BCUT2D eigenvalue weighted by Crippen LogP contribution is 2.41. The van der Waals surface area contributed by atoms with E-state index in [4.69, 9.17) is 5.73 Å². The Bertz CT molecular complexity index is 247. The third-order valence-electron chi connectivity index (χ3n) is 4.49. The zero-order chi connectivity index (χ0) is 14.4. The number of hydrogen-bond donors (Lipinski definition) is 1. The van der Waals surface area contributed by atoms with Gasteiger partial charge < -0.3 is 5.73 Å². The summed E-state index contributed by atoms with van der Waals surface area (Å²) in [5, 5.41) is 0. The molecule has 0 amide bonds. The SMILES string of the molecule is CCCCCN(CCC)C1(CN)CCC(F)(F)CC1. The average Bonchev–Trinajstić information content (AvgIpc) is 2.39. The highest BCUT2D eigenvalue weighted by molar-refractivity contribution is 4.97. The third-order valence-corrected chi connectivity index (χ3v) is 4.49. The van der Waals surface area contributed by atoms with Crippen LogP contribution in [0.1, 0.15) is 65.2 Å². The minimum atomic E-state index is -2.47. The Morgan fingerprint density at radius 2 is 1.58 bits per heavy atom. The quantitative estimate of drug-likeness (QED) is 0.683. The highest BCUT2D eigenvalue weighted by atomic mass is 19.3. The van der Waals surface area contributed by atoms with Crippen LogP contribution in [0.5, 0.6) is 0 Å². The van der Waals surface area contributed by atoms with E-state index in [0.29, 0.717) is 19.4 Å². The lowest BCUT2D eigenvalue weighted by atomic mass is 9.78. The second-order valence-corrected chi connectivity index (χ2v) is 5.98. The number of alkyl halides is 2. The lowest BCUT2D eigenvalue weighted by molar-refractivity contribution is -0.0803. The molecular formula is C15H30F2N2. The molecule has 0 bridgehead atoms. The van der Waals surface area contributed by atoms with E-state index in [1.54, 1.807) is 0 Å². The van der Waals surface area contributed by atoms with Gasteiger partial charge in [-0.2, -0.15) is 0 Å². The minimum absolute atomic E-state index is 0.00179. The van der Waals surface area contributed by atoms with Gasteiger partial charge in [-0.25, -0.2) is 8.78 Å². The van der Waals surface area contributed by atoms with E-state index in [1.165, 1.54) is 12.8 Å². The van der Waals surface area contributed by atoms with Crippen LogP contribution in [0.15, 0.2) is 0 Å². The number of rotatable bonds is 8. The highest BCUT2D eigenvalue weighted by Gasteiger charge is 2.45. The summed E-state index contributed by atoms with van der Waals surface area (Å²) in [7, 11) is 0. The van der Waals surface area contributed by atoms with E-state index < -0.39 is 5.92 Å². The van der Waals surface area contributed by atoms with Crippen LogP contribution in [0.3, 0.4) is 0 Å². The third kappa shape index (κ3) is 4.67. The molecule has 0 aliphatic heterocycles. The Labute approximate surface area is 116 Å². The molecule has 1 saturated carbocycles. The summed E-state index contributed by atoms with van der Waals surface area (Å²) in [5.74, 6) is -2.47. The first-order chi connectivity index (χ1) is 8.99. The zero-order valence-corrected chi connectivity index (χ0v) is 12.6. The molecule has 0 atom stereocenters. The van der Waals surface area contributed by atoms with Gasteiger partial charge >= 0.3 is 0 Å². The summed E-state index contributed by atoms with van der Waals surface area (Å²) < 4.78 is 26.8. The predicted molar refractivity (Wildman–Crippen MR) is 76.6 cm³/mol. The van der Waals surface area contributed by atoms with Crippen LogP contribution in [0.4, 0.5) is 8.78 Å². The van der Waals surface area contributed by atoms with Crippen LogP contribution >= 0.6 is 0 Å². The number of hydrogen-bond acceptors (Lipinski definition) is 2. The van der Waals surface area contributed by atoms with Gasteiger partial charge in [-0.1, -0.05) is 26.7 Å². The van der Waals surface area contributed by atoms with Crippen LogP contribution in [-0.2, 0) is 0 Å². The largest absolute Gasteiger partial charge is 0.329 e. The lowest BCUT2D eigenvalue weighted by Gasteiger charge is -2.47. The Hall–Kier alpha value is -0.220. The average molecular weight is 276 g/mol. The summed E-state index contributed by atoms with van der Waals surface area (Å²) in [6, 6.07) is 0. The van der Waals surface area contributed by atoms with Crippen molar-refractivity contribution in [2.45, 2.75) is 76.7 Å². The molecule has 0 heterocycles. The molecule has 0 aromatic heterocycles. The lowest BCUT2D eigenvalue weighted by Crippen LogP contribution is -2.57. The normalized spacial score (nSPS) is 21.8. The maximum absolute atomic E-state index is 13.4. The second kappa shape index (κ2) is 7.53. The van der Waals surface area contributed by atoms with Gasteiger partial charge in [0.2, 0.25) is 5.92 Å². The molecule has 19 heavy (non-hydrogen) atoms. The van der Waals surface area contributed by atoms with Gasteiger partial charge in [0, 0.05) is 24.9 Å². The molecule has 0 saturated heterocycles. The first-order valence-corrected chi connectivity index (χ1v) is 7.82. The van der Waals surface area contributed by atoms with Crippen LogP contribution in [0, 0.1) is 0 Å². The van der Waals surface area contributed by atoms with Gasteiger partial charge in [-0.15, -0.1) is 0 Å². The van der Waals surface area contributed by atoms with E-state index in [2.05, 4.69) is 18.7 Å². The summed E-state index contributed by atoms with van der Waals surface area (Å²) in [6.07, 6.45) is 5.69. The van der Waals surface area contributed by atoms with Crippen molar-refractivity contribution < 1.29 is 8.78 Å². The van der Waals surface area contributed by atoms with Crippen LogP contribution in [-0.4, -0.2) is 36.0 Å². The maximum atomic E-state index is 13.4. The number of nitrogens with zero attached hydrogens (tertiary/aromatic N) is 1. The zero-order valence-electron chi connectivity index (χ0n) is 12.6. The van der Waals surface area contributed by atoms with Gasteiger partial charge in [0.1, 0.15) is 0 Å². The Balaban J connectivity index is 2.66. The molecule has 4 heteroatoms. The Morgan fingerprint density at radius 1 is 0.947 bits per heavy atom. The van der Waals surface area contributed by atoms with Crippen molar-refractivity contribution in [3.8, 4) is 0 Å². The maximum Gasteiger partial charge on any atom is 0.248 e. The molecule has 0 radical (unpaired) electrons. The number of nitrogens with two attached hydrogens (primary N) is 1. The standard InChI is InChI=1S/C15H30F2N2/c1-3-5-6-12-19(11-4-2)14(13-18)7-9-15(16,17)10-8-14/h3-13,18H2,1-2H3.